The van der Waals surface area contributed by atoms with E-state index in [1.54, 1.807) is 13.0 Å². The topological polar surface area (TPSA) is 47.9 Å². The summed E-state index contributed by atoms with van der Waals surface area (Å²) in [5.74, 6) is 1.47. The van der Waals surface area contributed by atoms with E-state index in [2.05, 4.69) is 4.99 Å². The molecule has 0 bridgehead atoms. The number of carbonyl (C=O) groups is 1. The highest BCUT2D eigenvalue weighted by molar-refractivity contribution is 6.06. The van der Waals surface area contributed by atoms with Gasteiger partial charge in [-0.2, -0.15) is 0 Å². The van der Waals surface area contributed by atoms with Crippen LogP contribution in [0, 0.1) is 0 Å². The van der Waals surface area contributed by atoms with Gasteiger partial charge in [0.2, 0.25) is 0 Å². The quantitative estimate of drug-likeness (QED) is 0.634. The predicted molar refractivity (Wildman–Crippen MR) is 80.1 cm³/mol. The van der Waals surface area contributed by atoms with Gasteiger partial charge < -0.3 is 9.47 Å². The summed E-state index contributed by atoms with van der Waals surface area (Å²) in [7, 11) is 0. The number of esters is 1. The minimum atomic E-state index is -0.419. The molecule has 4 heteroatoms. The fraction of sp³-hybridized carbons (Fsp3) is 0.0588. The maximum absolute atomic E-state index is 11.5. The molecule has 104 valence electrons. The number of hydrogen-bond donors (Lipinski definition) is 0. The van der Waals surface area contributed by atoms with Gasteiger partial charge in [0.05, 0.1) is 0 Å². The smallest absolute Gasteiger partial charge is 0.363 e. The van der Waals surface area contributed by atoms with Gasteiger partial charge in [-0.15, -0.1) is 0 Å². The van der Waals surface area contributed by atoms with Crippen molar-refractivity contribution in [2.45, 2.75) is 6.92 Å². The van der Waals surface area contributed by atoms with Crippen molar-refractivity contribution in [2.75, 3.05) is 0 Å². The van der Waals surface area contributed by atoms with Crippen LogP contribution in [0.15, 0.2) is 65.3 Å². The van der Waals surface area contributed by atoms with E-state index >= 15 is 0 Å². The first-order chi connectivity index (χ1) is 10.2. The molecule has 2 aromatic carbocycles. The Hall–Kier alpha value is -2.88. The maximum atomic E-state index is 11.5. The number of cyclic esters (lactones) is 1. The van der Waals surface area contributed by atoms with Crippen molar-refractivity contribution < 1.29 is 14.3 Å². The van der Waals surface area contributed by atoms with Crippen LogP contribution < -0.4 is 4.74 Å². The first-order valence-corrected chi connectivity index (χ1v) is 6.53. The SMILES string of the molecule is CC1=N/C(=C/c2ccc(Oc3ccccc3)cc2)C(=O)O1. The zero-order chi connectivity index (χ0) is 14.7. The predicted octanol–water partition coefficient (Wildman–Crippen LogP) is 3.80. The number of para-hydroxylation sites is 1. The fourth-order valence-corrected chi connectivity index (χ4v) is 1.93. The molecule has 0 aromatic heterocycles. The highest BCUT2D eigenvalue weighted by Gasteiger charge is 2.19. The number of benzene rings is 2. The molecule has 0 atom stereocenters. The van der Waals surface area contributed by atoms with Crippen molar-refractivity contribution >= 4 is 17.9 Å². The lowest BCUT2D eigenvalue weighted by Crippen LogP contribution is -1.99. The molecule has 0 spiro atoms. The molecule has 0 saturated heterocycles. The summed E-state index contributed by atoms with van der Waals surface area (Å²) in [5.41, 5.74) is 1.17. The number of ether oxygens (including phenoxy) is 2. The van der Waals surface area contributed by atoms with Crippen molar-refractivity contribution in [3.05, 3.63) is 65.9 Å². The van der Waals surface area contributed by atoms with Gasteiger partial charge in [-0.25, -0.2) is 9.79 Å². The van der Waals surface area contributed by atoms with E-state index < -0.39 is 5.97 Å². The monoisotopic (exact) mass is 279 g/mol. The summed E-state index contributed by atoms with van der Waals surface area (Å²) >= 11 is 0. The highest BCUT2D eigenvalue weighted by Crippen LogP contribution is 2.22. The van der Waals surface area contributed by atoms with Gasteiger partial charge in [-0.05, 0) is 35.9 Å². The van der Waals surface area contributed by atoms with Crippen molar-refractivity contribution in [1.82, 2.24) is 0 Å². The van der Waals surface area contributed by atoms with Crippen molar-refractivity contribution in [1.29, 1.82) is 0 Å². The van der Waals surface area contributed by atoms with Crippen LogP contribution in [-0.4, -0.2) is 11.9 Å². The van der Waals surface area contributed by atoms with Crippen molar-refractivity contribution in [3.63, 3.8) is 0 Å². The molecule has 3 rings (SSSR count). The third-order valence-electron chi connectivity index (χ3n) is 2.89. The Labute approximate surface area is 122 Å². The van der Waals surface area contributed by atoms with Crippen molar-refractivity contribution in [3.8, 4) is 11.5 Å². The molecule has 0 aliphatic carbocycles. The largest absolute Gasteiger partial charge is 0.457 e. The van der Waals surface area contributed by atoms with Crippen LogP contribution in [0.5, 0.6) is 11.5 Å². The molecule has 0 amide bonds. The molecule has 1 heterocycles. The van der Waals surface area contributed by atoms with Gasteiger partial charge in [-0.3, -0.25) is 0 Å². The summed E-state index contributed by atoms with van der Waals surface area (Å²) in [5, 5.41) is 0. The first kappa shape index (κ1) is 13.1. The Morgan fingerprint density at radius 1 is 1.00 bits per heavy atom. The summed E-state index contributed by atoms with van der Waals surface area (Å²) in [6.45, 7) is 1.65. The Balaban J connectivity index is 1.76. The summed E-state index contributed by atoms with van der Waals surface area (Å²) in [4.78, 5) is 15.5. The van der Waals surface area contributed by atoms with Crippen LogP contribution >= 0.6 is 0 Å². The summed E-state index contributed by atoms with van der Waals surface area (Å²) in [6, 6.07) is 17.0. The molecule has 0 unspecified atom stereocenters. The summed E-state index contributed by atoms with van der Waals surface area (Å²) < 4.78 is 10.6. The van der Waals surface area contributed by atoms with E-state index in [-0.39, 0.29) is 0 Å². The van der Waals surface area contributed by atoms with Gasteiger partial charge >= 0.3 is 5.97 Å². The fourth-order valence-electron chi connectivity index (χ4n) is 1.93. The van der Waals surface area contributed by atoms with E-state index in [9.17, 15) is 4.79 Å². The molecule has 1 aliphatic rings. The van der Waals surface area contributed by atoms with Crippen LogP contribution in [-0.2, 0) is 9.53 Å². The minimum absolute atomic E-state index is 0.309. The van der Waals surface area contributed by atoms with Gasteiger partial charge in [0.25, 0.3) is 0 Å². The zero-order valence-electron chi connectivity index (χ0n) is 11.4. The summed E-state index contributed by atoms with van der Waals surface area (Å²) in [6.07, 6.45) is 1.69. The molecule has 1 aliphatic heterocycles. The lowest BCUT2D eigenvalue weighted by atomic mass is 10.2. The Bertz CT molecular complexity index is 715. The van der Waals surface area contributed by atoms with Crippen LogP contribution in [0.2, 0.25) is 0 Å². The second kappa shape index (κ2) is 5.63. The van der Waals surface area contributed by atoms with Crippen LogP contribution in [0.1, 0.15) is 12.5 Å². The van der Waals surface area contributed by atoms with E-state index in [4.69, 9.17) is 9.47 Å². The normalized spacial score (nSPS) is 15.8. The highest BCUT2D eigenvalue weighted by atomic mass is 16.6. The number of nitrogens with zero attached hydrogens (tertiary/aromatic N) is 1. The zero-order valence-corrected chi connectivity index (χ0v) is 11.4. The van der Waals surface area contributed by atoms with Crippen LogP contribution in [0.3, 0.4) is 0 Å². The molecule has 4 nitrogen and oxygen atoms in total. The Kier molecular flexibility index (Phi) is 3.51. The lowest BCUT2D eigenvalue weighted by molar-refractivity contribution is -0.130. The third-order valence-corrected chi connectivity index (χ3v) is 2.89. The molecular weight excluding hydrogens is 266 g/mol. The standard InChI is InChI=1S/C17H13NO3/c1-12-18-16(17(19)20-12)11-13-7-9-15(10-8-13)21-14-5-3-2-4-6-14/h2-11H,1H3/b16-11+. The minimum Gasteiger partial charge on any atom is -0.457 e. The molecule has 0 radical (unpaired) electrons. The van der Waals surface area contributed by atoms with E-state index in [0.29, 0.717) is 11.6 Å². The second-order valence-electron chi connectivity index (χ2n) is 4.53. The number of carbonyl (C=O) groups excluding carboxylic acids is 1. The second-order valence-corrected chi connectivity index (χ2v) is 4.53. The first-order valence-electron chi connectivity index (χ1n) is 6.53. The number of aliphatic imine (C=N–C) groups is 1. The lowest BCUT2D eigenvalue weighted by Gasteiger charge is -2.05. The molecule has 0 saturated carbocycles. The average molecular weight is 279 g/mol. The maximum Gasteiger partial charge on any atom is 0.363 e. The molecular formula is C17H13NO3. The van der Waals surface area contributed by atoms with Gasteiger partial charge in [-0.1, -0.05) is 30.3 Å². The third kappa shape index (κ3) is 3.17. The molecule has 0 fully saturated rings. The molecule has 21 heavy (non-hydrogen) atoms. The molecule has 0 N–H and O–H groups in total. The van der Waals surface area contributed by atoms with Crippen LogP contribution in [0.4, 0.5) is 0 Å². The van der Waals surface area contributed by atoms with Gasteiger partial charge in [0.1, 0.15) is 11.5 Å². The van der Waals surface area contributed by atoms with Gasteiger partial charge in [0.15, 0.2) is 11.6 Å². The van der Waals surface area contributed by atoms with E-state index in [1.165, 1.54) is 0 Å². The van der Waals surface area contributed by atoms with Gasteiger partial charge in [0, 0.05) is 6.92 Å². The Morgan fingerprint density at radius 2 is 1.67 bits per heavy atom. The van der Waals surface area contributed by atoms with E-state index in [1.807, 2.05) is 54.6 Å². The average Bonchev–Trinajstić information content (AvgIpc) is 2.80. The van der Waals surface area contributed by atoms with E-state index in [0.717, 1.165) is 17.1 Å². The Morgan fingerprint density at radius 3 is 2.29 bits per heavy atom. The molecule has 2 aromatic rings. The van der Waals surface area contributed by atoms with Crippen LogP contribution in [0.25, 0.3) is 6.08 Å². The number of hydrogen-bond acceptors (Lipinski definition) is 4. The van der Waals surface area contributed by atoms with Crippen molar-refractivity contribution in [2.24, 2.45) is 4.99 Å². The number of rotatable bonds is 3.